The molecule has 160 valence electrons. The molecule has 0 aromatic carbocycles. The number of guanidine groups is 1. The summed E-state index contributed by atoms with van der Waals surface area (Å²) in [5.41, 5.74) is 10.2. The van der Waals surface area contributed by atoms with Gasteiger partial charge >= 0.3 is 12.0 Å². The van der Waals surface area contributed by atoms with Gasteiger partial charge in [-0.05, 0) is 32.6 Å². The maximum absolute atomic E-state index is 12.6. The third-order valence-electron chi connectivity index (χ3n) is 3.54. The van der Waals surface area contributed by atoms with Crippen molar-refractivity contribution in [2.75, 3.05) is 19.7 Å². The number of rotatable bonds is 13. The first-order valence-corrected chi connectivity index (χ1v) is 9.02. The SMILES string of the molecule is CCOC(=O)[C@H](CCCNC(=N)N)NC(=O)[C@H](CCCNC(N)=O)NC(C)=O. The lowest BCUT2D eigenvalue weighted by molar-refractivity contribution is -0.147. The Morgan fingerprint density at radius 2 is 1.54 bits per heavy atom. The zero-order valence-electron chi connectivity index (χ0n) is 16.3. The fraction of sp³-hybridized carbons (Fsp3) is 0.688. The lowest BCUT2D eigenvalue weighted by Gasteiger charge is -2.22. The van der Waals surface area contributed by atoms with E-state index in [4.69, 9.17) is 21.6 Å². The average molecular weight is 401 g/mol. The Morgan fingerprint density at radius 1 is 0.964 bits per heavy atom. The van der Waals surface area contributed by atoms with Crippen LogP contribution in [0.25, 0.3) is 0 Å². The van der Waals surface area contributed by atoms with Gasteiger partial charge in [0, 0.05) is 20.0 Å². The molecule has 0 aliphatic rings. The van der Waals surface area contributed by atoms with Crippen molar-refractivity contribution in [3.63, 3.8) is 0 Å². The monoisotopic (exact) mass is 401 g/mol. The molecule has 0 fully saturated rings. The van der Waals surface area contributed by atoms with E-state index in [1.807, 2.05) is 0 Å². The van der Waals surface area contributed by atoms with Gasteiger partial charge in [0.25, 0.3) is 0 Å². The van der Waals surface area contributed by atoms with Crippen LogP contribution in [0.3, 0.4) is 0 Å². The topological polar surface area (TPSA) is 202 Å². The summed E-state index contributed by atoms with van der Waals surface area (Å²) in [6.45, 7) is 3.69. The summed E-state index contributed by atoms with van der Waals surface area (Å²) in [7, 11) is 0. The van der Waals surface area contributed by atoms with E-state index < -0.39 is 35.9 Å². The average Bonchev–Trinajstić information content (AvgIpc) is 2.59. The molecule has 0 aliphatic carbocycles. The predicted molar refractivity (Wildman–Crippen MR) is 102 cm³/mol. The summed E-state index contributed by atoms with van der Waals surface area (Å²) in [6, 6.07) is -2.46. The zero-order valence-corrected chi connectivity index (χ0v) is 16.3. The van der Waals surface area contributed by atoms with E-state index >= 15 is 0 Å². The summed E-state index contributed by atoms with van der Waals surface area (Å²) in [4.78, 5) is 46.7. The third kappa shape index (κ3) is 12.3. The van der Waals surface area contributed by atoms with Crippen LogP contribution in [0.4, 0.5) is 4.79 Å². The number of nitrogens with two attached hydrogens (primary N) is 2. The van der Waals surface area contributed by atoms with Crippen molar-refractivity contribution < 1.29 is 23.9 Å². The number of ether oxygens (including phenoxy) is 1. The molecule has 0 heterocycles. The highest BCUT2D eigenvalue weighted by Gasteiger charge is 2.26. The normalized spacial score (nSPS) is 12.2. The second kappa shape index (κ2) is 14.1. The van der Waals surface area contributed by atoms with Crippen LogP contribution in [0.15, 0.2) is 0 Å². The number of hydrogen-bond acceptors (Lipinski definition) is 6. The van der Waals surface area contributed by atoms with Crippen molar-refractivity contribution in [1.29, 1.82) is 5.41 Å². The molecule has 0 rings (SSSR count). The molecule has 28 heavy (non-hydrogen) atoms. The molecule has 0 aromatic heterocycles. The second-order valence-corrected chi connectivity index (χ2v) is 5.98. The summed E-state index contributed by atoms with van der Waals surface area (Å²) in [5, 5.41) is 17.2. The standard InChI is InChI=1S/C16H31N7O5/c1-3-28-14(26)12(7-5-8-20-15(17)18)23-13(25)11(22-10(2)24)6-4-9-21-16(19)27/h11-12H,3-9H2,1-2H3,(H,22,24)(H,23,25)(H4,17,18,20)(H3,19,21,27)/t11-,12-/m0/s1. The summed E-state index contributed by atoms with van der Waals surface area (Å²) in [6.07, 6.45) is 1.36. The zero-order chi connectivity index (χ0) is 21.5. The highest BCUT2D eigenvalue weighted by atomic mass is 16.5. The lowest BCUT2D eigenvalue weighted by Crippen LogP contribution is -2.52. The van der Waals surface area contributed by atoms with Gasteiger partial charge in [0.2, 0.25) is 11.8 Å². The number of carbonyl (C=O) groups excluding carboxylic acids is 4. The molecule has 0 aromatic rings. The molecular weight excluding hydrogens is 370 g/mol. The van der Waals surface area contributed by atoms with Crippen LogP contribution in [-0.4, -0.2) is 61.6 Å². The van der Waals surface area contributed by atoms with Crippen molar-refractivity contribution >= 4 is 29.8 Å². The number of urea groups is 1. The van der Waals surface area contributed by atoms with Crippen LogP contribution in [-0.2, 0) is 19.1 Å². The van der Waals surface area contributed by atoms with Gasteiger partial charge in [-0.15, -0.1) is 0 Å². The van der Waals surface area contributed by atoms with Gasteiger partial charge < -0.3 is 37.5 Å². The van der Waals surface area contributed by atoms with Crippen molar-refractivity contribution in [2.45, 2.75) is 51.6 Å². The van der Waals surface area contributed by atoms with Crippen LogP contribution in [0.2, 0.25) is 0 Å². The summed E-state index contributed by atoms with van der Waals surface area (Å²) < 4.78 is 4.98. The van der Waals surface area contributed by atoms with E-state index in [2.05, 4.69) is 21.3 Å². The van der Waals surface area contributed by atoms with Gasteiger partial charge in [-0.2, -0.15) is 0 Å². The molecule has 0 aliphatic heterocycles. The molecule has 0 spiro atoms. The Balaban J connectivity index is 4.84. The van der Waals surface area contributed by atoms with Crippen LogP contribution >= 0.6 is 0 Å². The Kier molecular flexibility index (Phi) is 12.5. The molecule has 12 heteroatoms. The second-order valence-electron chi connectivity index (χ2n) is 5.98. The van der Waals surface area contributed by atoms with Gasteiger partial charge in [-0.1, -0.05) is 0 Å². The van der Waals surface area contributed by atoms with Crippen molar-refractivity contribution in [1.82, 2.24) is 21.3 Å². The summed E-state index contributed by atoms with van der Waals surface area (Å²) >= 11 is 0. The first kappa shape index (κ1) is 24.9. The molecule has 0 bridgehead atoms. The molecule has 0 radical (unpaired) electrons. The van der Waals surface area contributed by atoms with Crippen molar-refractivity contribution in [2.24, 2.45) is 11.5 Å². The molecular formula is C16H31N7O5. The molecule has 0 saturated heterocycles. The maximum atomic E-state index is 12.6. The van der Waals surface area contributed by atoms with E-state index in [-0.39, 0.29) is 32.0 Å². The molecule has 2 atom stereocenters. The number of carbonyl (C=O) groups is 4. The van der Waals surface area contributed by atoms with E-state index in [1.54, 1.807) is 6.92 Å². The third-order valence-corrected chi connectivity index (χ3v) is 3.54. The van der Waals surface area contributed by atoms with Gasteiger partial charge in [-0.3, -0.25) is 15.0 Å². The summed E-state index contributed by atoms with van der Waals surface area (Å²) in [5.74, 6) is -1.71. The smallest absolute Gasteiger partial charge is 0.328 e. The molecule has 12 nitrogen and oxygen atoms in total. The Morgan fingerprint density at radius 3 is 2.04 bits per heavy atom. The van der Waals surface area contributed by atoms with E-state index in [9.17, 15) is 19.2 Å². The van der Waals surface area contributed by atoms with E-state index in [1.165, 1.54) is 6.92 Å². The first-order valence-electron chi connectivity index (χ1n) is 9.02. The van der Waals surface area contributed by atoms with Crippen LogP contribution in [0.5, 0.6) is 0 Å². The molecule has 0 saturated carbocycles. The van der Waals surface area contributed by atoms with Crippen LogP contribution in [0.1, 0.15) is 39.5 Å². The van der Waals surface area contributed by atoms with Gasteiger partial charge in [0.05, 0.1) is 6.61 Å². The maximum Gasteiger partial charge on any atom is 0.328 e. The fourth-order valence-electron chi connectivity index (χ4n) is 2.33. The highest BCUT2D eigenvalue weighted by Crippen LogP contribution is 2.04. The predicted octanol–water partition coefficient (Wildman–Crippen LogP) is -1.75. The quantitative estimate of drug-likeness (QED) is 0.0820. The van der Waals surface area contributed by atoms with E-state index in [0.29, 0.717) is 19.4 Å². The fourth-order valence-corrected chi connectivity index (χ4v) is 2.33. The van der Waals surface area contributed by atoms with Crippen LogP contribution in [0, 0.1) is 5.41 Å². The lowest BCUT2D eigenvalue weighted by atomic mass is 10.1. The number of nitrogens with one attached hydrogen (secondary N) is 5. The highest BCUT2D eigenvalue weighted by molar-refractivity contribution is 5.90. The van der Waals surface area contributed by atoms with Gasteiger partial charge in [0.1, 0.15) is 12.1 Å². The van der Waals surface area contributed by atoms with Gasteiger partial charge in [0.15, 0.2) is 5.96 Å². The number of primary amides is 1. The molecule has 4 amide bonds. The first-order chi connectivity index (χ1) is 13.2. The Bertz CT molecular complexity index is 556. The Hall–Kier alpha value is -3.05. The number of esters is 1. The molecule has 9 N–H and O–H groups in total. The minimum atomic E-state index is -0.902. The van der Waals surface area contributed by atoms with Crippen LogP contribution < -0.4 is 32.7 Å². The minimum Gasteiger partial charge on any atom is -0.464 e. The Labute approximate surface area is 164 Å². The van der Waals surface area contributed by atoms with Crippen molar-refractivity contribution in [3.8, 4) is 0 Å². The largest absolute Gasteiger partial charge is 0.464 e. The molecule has 0 unspecified atom stereocenters. The van der Waals surface area contributed by atoms with Crippen molar-refractivity contribution in [3.05, 3.63) is 0 Å². The van der Waals surface area contributed by atoms with Gasteiger partial charge in [-0.25, -0.2) is 9.59 Å². The number of amides is 4. The minimum absolute atomic E-state index is 0.158. The number of hydrogen-bond donors (Lipinski definition) is 7. The van der Waals surface area contributed by atoms with E-state index in [0.717, 1.165) is 0 Å².